The van der Waals surface area contributed by atoms with Crippen LogP contribution in [0.4, 0.5) is 18.9 Å². The zero-order valence-electron chi connectivity index (χ0n) is 12.2. The molecule has 0 saturated carbocycles. The minimum Gasteiger partial charge on any atom is -0.320 e. The van der Waals surface area contributed by atoms with E-state index in [1.54, 1.807) is 30.3 Å². The molecule has 122 valence electrons. The predicted molar refractivity (Wildman–Crippen MR) is 80.8 cm³/mol. The van der Waals surface area contributed by atoms with Gasteiger partial charge in [0.15, 0.2) is 0 Å². The first-order valence-corrected chi connectivity index (χ1v) is 6.88. The maximum atomic E-state index is 13.0. The first-order valence-electron chi connectivity index (χ1n) is 6.88. The number of alkyl halides is 3. The monoisotopic (exact) mass is 332 g/mol. The van der Waals surface area contributed by atoms with E-state index in [-0.39, 0.29) is 11.4 Å². The SMILES string of the molecule is O=C(Nc1cc(C(F)(F)F)ccc1-n1cncn1)c1ccccc1. The van der Waals surface area contributed by atoms with Crippen LogP contribution in [0.2, 0.25) is 0 Å². The number of carbonyl (C=O) groups is 1. The largest absolute Gasteiger partial charge is 0.416 e. The van der Waals surface area contributed by atoms with Crippen molar-refractivity contribution in [3.63, 3.8) is 0 Å². The molecule has 1 N–H and O–H groups in total. The molecule has 0 unspecified atom stereocenters. The molecule has 0 aliphatic heterocycles. The summed E-state index contributed by atoms with van der Waals surface area (Å²) in [7, 11) is 0. The van der Waals surface area contributed by atoms with Crippen LogP contribution < -0.4 is 5.32 Å². The van der Waals surface area contributed by atoms with Crippen molar-refractivity contribution in [1.82, 2.24) is 14.8 Å². The highest BCUT2D eigenvalue weighted by molar-refractivity contribution is 6.05. The van der Waals surface area contributed by atoms with E-state index in [1.807, 2.05) is 0 Å². The summed E-state index contributed by atoms with van der Waals surface area (Å²) < 4.78 is 40.1. The van der Waals surface area contributed by atoms with Gasteiger partial charge in [-0.1, -0.05) is 18.2 Å². The van der Waals surface area contributed by atoms with Crippen LogP contribution in [0.25, 0.3) is 5.69 Å². The zero-order valence-corrected chi connectivity index (χ0v) is 12.2. The summed E-state index contributed by atoms with van der Waals surface area (Å²) in [5.41, 5.74) is -0.261. The van der Waals surface area contributed by atoms with Crippen LogP contribution in [0.5, 0.6) is 0 Å². The Balaban J connectivity index is 2.01. The van der Waals surface area contributed by atoms with E-state index in [0.29, 0.717) is 5.56 Å². The number of halogens is 3. The molecule has 1 aromatic heterocycles. The van der Waals surface area contributed by atoms with E-state index in [4.69, 9.17) is 0 Å². The molecule has 0 bridgehead atoms. The van der Waals surface area contributed by atoms with Gasteiger partial charge in [0.2, 0.25) is 0 Å². The minimum atomic E-state index is -4.52. The highest BCUT2D eigenvalue weighted by atomic mass is 19.4. The number of aromatic nitrogens is 3. The molecular formula is C16H11F3N4O. The lowest BCUT2D eigenvalue weighted by molar-refractivity contribution is -0.137. The molecule has 0 aliphatic carbocycles. The maximum absolute atomic E-state index is 13.0. The fourth-order valence-electron chi connectivity index (χ4n) is 2.13. The van der Waals surface area contributed by atoms with Crippen LogP contribution >= 0.6 is 0 Å². The normalized spacial score (nSPS) is 11.3. The van der Waals surface area contributed by atoms with Crippen molar-refractivity contribution in [2.45, 2.75) is 6.18 Å². The van der Waals surface area contributed by atoms with Gasteiger partial charge in [0.05, 0.1) is 16.9 Å². The fourth-order valence-corrected chi connectivity index (χ4v) is 2.13. The predicted octanol–water partition coefficient (Wildman–Crippen LogP) is 3.54. The first kappa shape index (κ1) is 15.7. The lowest BCUT2D eigenvalue weighted by atomic mass is 10.1. The van der Waals surface area contributed by atoms with E-state index < -0.39 is 17.6 Å². The smallest absolute Gasteiger partial charge is 0.320 e. The van der Waals surface area contributed by atoms with Crippen LogP contribution in [0.3, 0.4) is 0 Å². The Hall–Kier alpha value is -3.16. The number of benzene rings is 2. The highest BCUT2D eigenvalue weighted by Crippen LogP contribution is 2.33. The van der Waals surface area contributed by atoms with Gasteiger partial charge in [-0.05, 0) is 30.3 Å². The molecule has 1 heterocycles. The Kier molecular flexibility index (Phi) is 4.03. The minimum absolute atomic E-state index is 0.0100. The lowest BCUT2D eigenvalue weighted by Gasteiger charge is -2.14. The topological polar surface area (TPSA) is 59.8 Å². The molecule has 3 aromatic rings. The third-order valence-electron chi connectivity index (χ3n) is 3.27. The summed E-state index contributed by atoms with van der Waals surface area (Å²) in [5.74, 6) is -0.517. The molecule has 0 spiro atoms. The van der Waals surface area contributed by atoms with Crippen LogP contribution in [0.1, 0.15) is 15.9 Å². The molecule has 24 heavy (non-hydrogen) atoms. The van der Waals surface area contributed by atoms with E-state index in [2.05, 4.69) is 15.4 Å². The average Bonchev–Trinajstić information content (AvgIpc) is 3.09. The molecule has 8 heteroatoms. The zero-order chi connectivity index (χ0) is 17.2. The number of hydrogen-bond acceptors (Lipinski definition) is 3. The van der Waals surface area contributed by atoms with Crippen LogP contribution in [0.15, 0.2) is 61.2 Å². The molecule has 0 atom stereocenters. The summed E-state index contributed by atoms with van der Waals surface area (Å²) in [5, 5.41) is 6.39. The second-order valence-electron chi connectivity index (χ2n) is 4.89. The van der Waals surface area contributed by atoms with Gasteiger partial charge in [-0.3, -0.25) is 4.79 Å². The first-order chi connectivity index (χ1) is 11.4. The second kappa shape index (κ2) is 6.15. The number of hydrogen-bond donors (Lipinski definition) is 1. The fraction of sp³-hybridized carbons (Fsp3) is 0.0625. The van der Waals surface area contributed by atoms with Crippen molar-refractivity contribution >= 4 is 11.6 Å². The quantitative estimate of drug-likeness (QED) is 0.798. The van der Waals surface area contributed by atoms with Crippen molar-refractivity contribution in [1.29, 1.82) is 0 Å². The summed E-state index contributed by atoms with van der Waals surface area (Å²) >= 11 is 0. The van der Waals surface area contributed by atoms with E-state index in [9.17, 15) is 18.0 Å². The number of nitrogens with zero attached hydrogens (tertiary/aromatic N) is 3. The van der Waals surface area contributed by atoms with Crippen LogP contribution in [-0.4, -0.2) is 20.7 Å². The Morgan fingerprint density at radius 3 is 2.46 bits per heavy atom. The van der Waals surface area contributed by atoms with Gasteiger partial charge in [0, 0.05) is 5.56 Å². The molecule has 1 amide bonds. The molecule has 2 aromatic carbocycles. The summed E-state index contributed by atoms with van der Waals surface area (Å²) in [4.78, 5) is 16.0. The van der Waals surface area contributed by atoms with Crippen molar-refractivity contribution in [2.75, 3.05) is 5.32 Å². The van der Waals surface area contributed by atoms with Gasteiger partial charge >= 0.3 is 6.18 Å². The number of carbonyl (C=O) groups excluding carboxylic acids is 1. The number of anilines is 1. The van der Waals surface area contributed by atoms with Crippen molar-refractivity contribution in [3.05, 3.63) is 72.3 Å². The van der Waals surface area contributed by atoms with Gasteiger partial charge in [-0.25, -0.2) is 9.67 Å². The summed E-state index contributed by atoms with van der Waals surface area (Å²) in [6, 6.07) is 11.2. The molecular weight excluding hydrogens is 321 g/mol. The highest BCUT2D eigenvalue weighted by Gasteiger charge is 2.31. The van der Waals surface area contributed by atoms with E-state index >= 15 is 0 Å². The second-order valence-corrected chi connectivity index (χ2v) is 4.89. The Morgan fingerprint density at radius 2 is 1.83 bits per heavy atom. The average molecular weight is 332 g/mol. The maximum Gasteiger partial charge on any atom is 0.416 e. The van der Waals surface area contributed by atoms with Gasteiger partial charge in [-0.15, -0.1) is 0 Å². The van der Waals surface area contributed by atoms with Gasteiger partial charge in [0.25, 0.3) is 5.91 Å². The summed E-state index contributed by atoms with van der Waals surface area (Å²) in [6.45, 7) is 0. The lowest BCUT2D eigenvalue weighted by Crippen LogP contribution is -2.15. The molecule has 0 radical (unpaired) electrons. The molecule has 3 rings (SSSR count). The van der Waals surface area contributed by atoms with Crippen molar-refractivity contribution in [2.24, 2.45) is 0 Å². The molecule has 5 nitrogen and oxygen atoms in total. The van der Waals surface area contributed by atoms with E-state index in [0.717, 1.165) is 12.1 Å². The van der Waals surface area contributed by atoms with Gasteiger partial charge < -0.3 is 5.32 Å². The standard InChI is InChI=1S/C16H11F3N4O/c17-16(18,19)12-6-7-14(23-10-20-9-21-23)13(8-12)22-15(24)11-4-2-1-3-5-11/h1-10H,(H,22,24). The third-order valence-corrected chi connectivity index (χ3v) is 3.27. The summed E-state index contributed by atoms with van der Waals surface area (Å²) in [6.07, 6.45) is -1.94. The van der Waals surface area contributed by atoms with E-state index in [1.165, 1.54) is 23.4 Å². The number of rotatable bonds is 3. The van der Waals surface area contributed by atoms with Gasteiger partial charge in [0.1, 0.15) is 12.7 Å². The number of amides is 1. The number of nitrogens with one attached hydrogen (secondary N) is 1. The van der Waals surface area contributed by atoms with Crippen molar-refractivity contribution in [3.8, 4) is 5.69 Å². The van der Waals surface area contributed by atoms with Crippen molar-refractivity contribution < 1.29 is 18.0 Å². The van der Waals surface area contributed by atoms with Gasteiger partial charge in [-0.2, -0.15) is 18.3 Å². The van der Waals surface area contributed by atoms with Crippen LogP contribution in [0, 0.1) is 0 Å². The Morgan fingerprint density at radius 1 is 1.08 bits per heavy atom. The van der Waals surface area contributed by atoms with Crippen LogP contribution in [-0.2, 0) is 6.18 Å². The molecule has 0 fully saturated rings. The molecule has 0 saturated heterocycles. The third kappa shape index (κ3) is 3.27. The molecule has 0 aliphatic rings. The Bertz CT molecular complexity index is 846. The Labute approximate surface area is 134 Å².